The van der Waals surface area contributed by atoms with Crippen molar-refractivity contribution in [2.45, 2.75) is 19.4 Å². The van der Waals surface area contributed by atoms with E-state index < -0.39 is 4.92 Å². The predicted octanol–water partition coefficient (Wildman–Crippen LogP) is 1.53. The van der Waals surface area contributed by atoms with Crippen LogP contribution in [0.2, 0.25) is 0 Å². The molecule has 104 valence electrons. The fourth-order valence-electron chi connectivity index (χ4n) is 2.27. The first-order valence-electron chi connectivity index (χ1n) is 6.53. The van der Waals surface area contributed by atoms with Gasteiger partial charge < -0.3 is 10.5 Å². The van der Waals surface area contributed by atoms with E-state index in [2.05, 4.69) is 4.90 Å². The van der Waals surface area contributed by atoms with Gasteiger partial charge >= 0.3 is 0 Å². The minimum absolute atomic E-state index is 0.0485. The minimum atomic E-state index is -0.423. The van der Waals surface area contributed by atoms with Crippen molar-refractivity contribution in [2.75, 3.05) is 26.2 Å². The molecule has 0 radical (unpaired) electrons. The topological polar surface area (TPSA) is 81.6 Å². The van der Waals surface area contributed by atoms with Gasteiger partial charge in [0.25, 0.3) is 5.69 Å². The molecule has 6 heteroatoms. The Kier molecular flexibility index (Phi) is 4.70. The zero-order valence-corrected chi connectivity index (χ0v) is 10.9. The molecule has 19 heavy (non-hydrogen) atoms. The molecule has 0 bridgehead atoms. The number of non-ortho nitro benzene ring substituents is 1. The molecular weight excluding hydrogens is 246 g/mol. The van der Waals surface area contributed by atoms with Crippen LogP contribution in [0.5, 0.6) is 5.75 Å². The number of rotatable bonds is 6. The zero-order chi connectivity index (χ0) is 13.7. The van der Waals surface area contributed by atoms with E-state index in [1.54, 1.807) is 6.07 Å². The molecule has 1 aromatic rings. The lowest BCUT2D eigenvalue weighted by molar-refractivity contribution is -0.384. The zero-order valence-electron chi connectivity index (χ0n) is 10.9. The van der Waals surface area contributed by atoms with E-state index in [1.807, 2.05) is 0 Å². The highest BCUT2D eigenvalue weighted by Gasteiger charge is 2.13. The van der Waals surface area contributed by atoms with Crippen LogP contribution in [0.1, 0.15) is 18.4 Å². The van der Waals surface area contributed by atoms with Gasteiger partial charge in [-0.1, -0.05) is 0 Å². The summed E-state index contributed by atoms with van der Waals surface area (Å²) in [5.41, 5.74) is 6.33. The molecule has 0 atom stereocenters. The molecule has 1 saturated heterocycles. The van der Waals surface area contributed by atoms with Gasteiger partial charge in [-0.15, -0.1) is 0 Å². The third-order valence-corrected chi connectivity index (χ3v) is 3.34. The summed E-state index contributed by atoms with van der Waals surface area (Å²) < 4.78 is 5.68. The van der Waals surface area contributed by atoms with Crippen molar-refractivity contribution >= 4 is 5.69 Å². The number of nitrogens with zero attached hydrogens (tertiary/aromatic N) is 2. The standard InChI is InChI=1S/C13H19N3O3/c14-10-11-9-12(16(17)18)3-4-13(11)19-8-7-15-5-1-2-6-15/h3-4,9H,1-2,5-8,10,14H2. The Hall–Kier alpha value is -1.66. The second-order valence-electron chi connectivity index (χ2n) is 4.65. The normalized spacial score (nSPS) is 15.6. The SMILES string of the molecule is NCc1cc([N+](=O)[O-])ccc1OCCN1CCCC1. The smallest absolute Gasteiger partial charge is 0.270 e. The van der Waals surface area contributed by atoms with Crippen molar-refractivity contribution in [1.82, 2.24) is 4.90 Å². The van der Waals surface area contributed by atoms with E-state index in [4.69, 9.17) is 10.5 Å². The third kappa shape index (κ3) is 3.65. The van der Waals surface area contributed by atoms with Gasteiger partial charge in [-0.2, -0.15) is 0 Å². The van der Waals surface area contributed by atoms with E-state index >= 15 is 0 Å². The highest BCUT2D eigenvalue weighted by atomic mass is 16.6. The number of benzene rings is 1. The molecule has 0 aliphatic carbocycles. The first kappa shape index (κ1) is 13.8. The van der Waals surface area contributed by atoms with Crippen LogP contribution in [-0.2, 0) is 6.54 Å². The van der Waals surface area contributed by atoms with Gasteiger partial charge in [-0.25, -0.2) is 0 Å². The van der Waals surface area contributed by atoms with E-state index in [0.29, 0.717) is 17.9 Å². The second-order valence-corrected chi connectivity index (χ2v) is 4.65. The molecular formula is C13H19N3O3. The van der Waals surface area contributed by atoms with E-state index in [1.165, 1.54) is 25.0 Å². The summed E-state index contributed by atoms with van der Waals surface area (Å²) in [4.78, 5) is 12.6. The van der Waals surface area contributed by atoms with Crippen LogP contribution in [0.4, 0.5) is 5.69 Å². The van der Waals surface area contributed by atoms with Gasteiger partial charge in [0.05, 0.1) is 4.92 Å². The molecule has 0 aromatic heterocycles. The molecule has 0 saturated carbocycles. The summed E-state index contributed by atoms with van der Waals surface area (Å²) in [5, 5.41) is 10.7. The quantitative estimate of drug-likeness (QED) is 0.623. The Balaban J connectivity index is 1.93. The Bertz CT molecular complexity index is 445. The fraction of sp³-hybridized carbons (Fsp3) is 0.538. The van der Waals surface area contributed by atoms with Gasteiger partial charge in [0, 0.05) is 30.8 Å². The summed E-state index contributed by atoms with van der Waals surface area (Å²) in [5.74, 6) is 0.646. The van der Waals surface area contributed by atoms with Crippen LogP contribution in [0.3, 0.4) is 0 Å². The molecule has 0 spiro atoms. The average molecular weight is 265 g/mol. The molecule has 0 unspecified atom stereocenters. The molecule has 2 rings (SSSR count). The Labute approximate surface area is 112 Å². The van der Waals surface area contributed by atoms with Crippen molar-refractivity contribution in [3.05, 3.63) is 33.9 Å². The molecule has 2 N–H and O–H groups in total. The predicted molar refractivity (Wildman–Crippen MR) is 72.2 cm³/mol. The monoisotopic (exact) mass is 265 g/mol. The molecule has 1 aliphatic rings. The lowest BCUT2D eigenvalue weighted by atomic mass is 10.2. The fourth-order valence-corrected chi connectivity index (χ4v) is 2.27. The van der Waals surface area contributed by atoms with Crippen molar-refractivity contribution in [3.8, 4) is 5.75 Å². The first-order valence-corrected chi connectivity index (χ1v) is 6.53. The lowest BCUT2D eigenvalue weighted by Crippen LogP contribution is -2.25. The number of hydrogen-bond acceptors (Lipinski definition) is 5. The van der Waals surface area contributed by atoms with E-state index in [-0.39, 0.29) is 12.2 Å². The van der Waals surface area contributed by atoms with Gasteiger partial charge in [-0.3, -0.25) is 15.0 Å². The first-order chi connectivity index (χ1) is 9.20. The molecule has 1 aliphatic heterocycles. The summed E-state index contributed by atoms with van der Waals surface area (Å²) in [6.07, 6.45) is 2.51. The van der Waals surface area contributed by atoms with Crippen LogP contribution < -0.4 is 10.5 Å². The highest BCUT2D eigenvalue weighted by Crippen LogP contribution is 2.23. The number of ether oxygens (including phenoxy) is 1. The third-order valence-electron chi connectivity index (χ3n) is 3.34. The number of nitro groups is 1. The Morgan fingerprint density at radius 3 is 2.74 bits per heavy atom. The Morgan fingerprint density at radius 2 is 2.11 bits per heavy atom. The van der Waals surface area contributed by atoms with Gasteiger partial charge in [0.1, 0.15) is 12.4 Å². The molecule has 0 amide bonds. The Morgan fingerprint density at radius 1 is 1.37 bits per heavy atom. The number of likely N-dealkylation sites (tertiary alicyclic amines) is 1. The minimum Gasteiger partial charge on any atom is -0.492 e. The van der Waals surface area contributed by atoms with Gasteiger partial charge in [-0.05, 0) is 32.0 Å². The van der Waals surface area contributed by atoms with Crippen molar-refractivity contribution in [1.29, 1.82) is 0 Å². The largest absolute Gasteiger partial charge is 0.492 e. The summed E-state index contributed by atoms with van der Waals surface area (Å²) in [6.45, 7) is 3.98. The second kappa shape index (κ2) is 6.49. The summed E-state index contributed by atoms with van der Waals surface area (Å²) >= 11 is 0. The van der Waals surface area contributed by atoms with E-state index in [9.17, 15) is 10.1 Å². The van der Waals surface area contributed by atoms with Crippen molar-refractivity contribution in [2.24, 2.45) is 5.73 Å². The van der Waals surface area contributed by atoms with Crippen LogP contribution in [0.25, 0.3) is 0 Å². The molecule has 1 aromatic carbocycles. The number of nitro benzene ring substituents is 1. The molecule has 6 nitrogen and oxygen atoms in total. The molecule has 1 fully saturated rings. The number of hydrogen-bond donors (Lipinski definition) is 1. The lowest BCUT2D eigenvalue weighted by Gasteiger charge is -2.16. The van der Waals surface area contributed by atoms with Gasteiger partial charge in [0.2, 0.25) is 0 Å². The van der Waals surface area contributed by atoms with Crippen LogP contribution in [-0.4, -0.2) is 36.1 Å². The van der Waals surface area contributed by atoms with Crippen LogP contribution in [0, 0.1) is 10.1 Å². The van der Waals surface area contributed by atoms with Crippen molar-refractivity contribution < 1.29 is 9.66 Å². The summed E-state index contributed by atoms with van der Waals surface area (Å²) in [6, 6.07) is 4.56. The average Bonchev–Trinajstić information content (AvgIpc) is 2.92. The number of nitrogens with two attached hydrogens (primary N) is 1. The molecule has 1 heterocycles. The van der Waals surface area contributed by atoms with Crippen LogP contribution >= 0.6 is 0 Å². The highest BCUT2D eigenvalue weighted by molar-refractivity contribution is 5.43. The van der Waals surface area contributed by atoms with Gasteiger partial charge in [0.15, 0.2) is 0 Å². The maximum Gasteiger partial charge on any atom is 0.270 e. The van der Waals surface area contributed by atoms with Crippen molar-refractivity contribution in [3.63, 3.8) is 0 Å². The van der Waals surface area contributed by atoms with Crippen LogP contribution in [0.15, 0.2) is 18.2 Å². The maximum absolute atomic E-state index is 10.7. The van der Waals surface area contributed by atoms with E-state index in [0.717, 1.165) is 19.6 Å². The summed E-state index contributed by atoms with van der Waals surface area (Å²) in [7, 11) is 0. The maximum atomic E-state index is 10.7.